The largest absolute Gasteiger partial charge is 0.417 e. The van der Waals surface area contributed by atoms with Crippen LogP contribution in [0.4, 0.5) is 22.4 Å². The lowest BCUT2D eigenvalue weighted by Gasteiger charge is -2.63. The van der Waals surface area contributed by atoms with Crippen LogP contribution in [0.1, 0.15) is 48.7 Å². The van der Waals surface area contributed by atoms with Gasteiger partial charge in [0.15, 0.2) is 0 Å². The topological polar surface area (TPSA) is 78.0 Å². The molecule has 2 aliphatic heterocycles. The fraction of sp³-hybridized carbons (Fsp3) is 0.636. The Morgan fingerprint density at radius 2 is 1.70 bits per heavy atom. The fourth-order valence-corrected chi connectivity index (χ4v) is 6.46. The molecule has 7 nitrogen and oxygen atoms in total. The minimum atomic E-state index is -4.60. The molecule has 1 N–H and O–H groups in total. The van der Waals surface area contributed by atoms with Crippen LogP contribution in [-0.2, 0) is 12.6 Å². The summed E-state index contributed by atoms with van der Waals surface area (Å²) < 4.78 is 52.1. The number of pyridine rings is 1. The third-order valence-corrected chi connectivity index (χ3v) is 8.00. The van der Waals surface area contributed by atoms with Crippen molar-refractivity contribution in [3.63, 3.8) is 0 Å². The van der Waals surface area contributed by atoms with Crippen molar-refractivity contribution in [3.05, 3.63) is 41.5 Å². The SMILES string of the molecule is O=C(N1CC2(CC(Cc3ncc(C(F)(F)F)cc3F)C2)C1)N1CC2(CC(c3ncn[nH]3)C2)C1. The number of nitrogens with zero attached hydrogens (tertiary/aromatic N) is 5. The van der Waals surface area contributed by atoms with Crippen molar-refractivity contribution in [2.24, 2.45) is 16.7 Å². The number of rotatable bonds is 3. The van der Waals surface area contributed by atoms with Crippen molar-refractivity contribution in [2.45, 2.75) is 44.2 Å². The second-order valence-electron chi connectivity index (χ2n) is 10.6. The van der Waals surface area contributed by atoms with Gasteiger partial charge in [-0.15, -0.1) is 0 Å². The predicted octanol–water partition coefficient (Wildman–Crippen LogP) is 3.61. The standard InChI is InChI=1S/C22H24F4N6O/c23-16-2-15(22(24,25)26)7-27-17(16)1-13-3-20(4-13)8-31(9-20)19(33)32-10-21(11-32)5-14(6-21)18-28-12-29-30-18/h2,7,12-14H,1,3-6,8-11H2,(H,28,29,30). The van der Waals surface area contributed by atoms with E-state index in [1.165, 1.54) is 6.33 Å². The van der Waals surface area contributed by atoms with Crippen LogP contribution in [0.3, 0.4) is 0 Å². The van der Waals surface area contributed by atoms with Crippen molar-refractivity contribution >= 4 is 6.03 Å². The van der Waals surface area contributed by atoms with Crippen molar-refractivity contribution in [3.8, 4) is 0 Å². The molecule has 0 aromatic carbocycles. The van der Waals surface area contributed by atoms with E-state index < -0.39 is 17.6 Å². The van der Waals surface area contributed by atoms with E-state index in [9.17, 15) is 22.4 Å². The first-order valence-corrected chi connectivity index (χ1v) is 11.2. The second-order valence-corrected chi connectivity index (χ2v) is 10.6. The van der Waals surface area contributed by atoms with Crippen LogP contribution in [0.25, 0.3) is 0 Å². The highest BCUT2D eigenvalue weighted by Crippen LogP contribution is 2.57. The number of nitrogens with one attached hydrogen (secondary N) is 1. The molecule has 2 aromatic rings. The Morgan fingerprint density at radius 3 is 2.24 bits per heavy atom. The van der Waals surface area contributed by atoms with Crippen LogP contribution in [0.5, 0.6) is 0 Å². The summed E-state index contributed by atoms with van der Waals surface area (Å²) in [5, 5.41) is 6.83. The number of hydrogen-bond acceptors (Lipinski definition) is 4. The van der Waals surface area contributed by atoms with Crippen LogP contribution in [0, 0.1) is 22.6 Å². The summed E-state index contributed by atoms with van der Waals surface area (Å²) in [7, 11) is 0. The minimum Gasteiger partial charge on any atom is -0.323 e. The summed E-state index contributed by atoms with van der Waals surface area (Å²) in [6.07, 6.45) is 1.73. The number of carbonyl (C=O) groups excluding carboxylic acids is 1. The average Bonchev–Trinajstić information content (AvgIpc) is 3.14. The van der Waals surface area contributed by atoms with E-state index in [4.69, 9.17) is 0 Å². The zero-order valence-corrected chi connectivity index (χ0v) is 17.9. The zero-order valence-electron chi connectivity index (χ0n) is 17.9. The number of amides is 2. The molecule has 2 aromatic heterocycles. The molecule has 4 fully saturated rings. The van der Waals surface area contributed by atoms with E-state index >= 15 is 0 Å². The first-order valence-electron chi connectivity index (χ1n) is 11.2. The lowest BCUT2D eigenvalue weighted by molar-refractivity contribution is -0.138. The van der Waals surface area contributed by atoms with Gasteiger partial charge in [0.05, 0.1) is 11.3 Å². The highest BCUT2D eigenvalue weighted by Gasteiger charge is 2.58. The van der Waals surface area contributed by atoms with Gasteiger partial charge in [0, 0.05) is 49.1 Å². The van der Waals surface area contributed by atoms with Gasteiger partial charge in [-0.2, -0.15) is 18.3 Å². The molecule has 33 heavy (non-hydrogen) atoms. The molecule has 2 saturated heterocycles. The summed E-state index contributed by atoms with van der Waals surface area (Å²) in [6, 6.07) is 0.615. The molecule has 2 amide bonds. The Bertz CT molecular complexity index is 1060. The second kappa shape index (κ2) is 6.89. The van der Waals surface area contributed by atoms with E-state index in [0.29, 0.717) is 37.7 Å². The monoisotopic (exact) mass is 464 g/mol. The molecule has 0 radical (unpaired) electrons. The van der Waals surface area contributed by atoms with Crippen molar-refractivity contribution in [1.29, 1.82) is 0 Å². The highest BCUT2D eigenvalue weighted by molar-refractivity contribution is 5.77. The molecule has 2 saturated carbocycles. The van der Waals surface area contributed by atoms with Gasteiger partial charge in [0.2, 0.25) is 0 Å². The van der Waals surface area contributed by atoms with Gasteiger partial charge in [0.1, 0.15) is 18.0 Å². The molecule has 4 aliphatic rings. The van der Waals surface area contributed by atoms with Gasteiger partial charge < -0.3 is 9.80 Å². The van der Waals surface area contributed by atoms with E-state index in [1.807, 2.05) is 9.80 Å². The summed E-state index contributed by atoms with van der Waals surface area (Å²) in [6.45, 7) is 2.99. The number of H-pyrrole nitrogens is 1. The summed E-state index contributed by atoms with van der Waals surface area (Å²) >= 11 is 0. The molecule has 6 rings (SSSR count). The zero-order chi connectivity index (χ0) is 23.0. The van der Waals surface area contributed by atoms with Gasteiger partial charge >= 0.3 is 12.2 Å². The number of urea groups is 1. The number of carbonyl (C=O) groups is 1. The molecule has 176 valence electrons. The van der Waals surface area contributed by atoms with Crippen LogP contribution >= 0.6 is 0 Å². The van der Waals surface area contributed by atoms with E-state index in [0.717, 1.165) is 44.6 Å². The van der Waals surface area contributed by atoms with E-state index in [2.05, 4.69) is 20.2 Å². The van der Waals surface area contributed by atoms with Crippen molar-refractivity contribution < 1.29 is 22.4 Å². The van der Waals surface area contributed by atoms with E-state index in [-0.39, 0.29) is 28.5 Å². The Morgan fingerprint density at radius 1 is 1.06 bits per heavy atom. The normalized spacial score (nSPS) is 23.8. The predicted molar refractivity (Wildman–Crippen MR) is 107 cm³/mol. The third kappa shape index (κ3) is 3.47. The highest BCUT2D eigenvalue weighted by atomic mass is 19.4. The lowest BCUT2D eigenvalue weighted by Crippen LogP contribution is -2.71. The van der Waals surface area contributed by atoms with Crippen LogP contribution < -0.4 is 0 Å². The maximum atomic E-state index is 14.1. The third-order valence-electron chi connectivity index (χ3n) is 8.00. The Kier molecular flexibility index (Phi) is 4.36. The fourth-order valence-electron chi connectivity index (χ4n) is 6.46. The van der Waals surface area contributed by atoms with E-state index in [1.54, 1.807) is 0 Å². The number of aromatic amines is 1. The maximum absolute atomic E-state index is 14.1. The average molecular weight is 464 g/mol. The molecule has 4 heterocycles. The Labute approximate surface area is 187 Å². The minimum absolute atomic E-state index is 0.0825. The summed E-state index contributed by atoms with van der Waals surface area (Å²) in [4.78, 5) is 24.5. The molecule has 0 atom stereocenters. The number of halogens is 4. The first-order chi connectivity index (χ1) is 15.6. The number of hydrogen-bond donors (Lipinski definition) is 1. The van der Waals surface area contributed by atoms with Crippen LogP contribution in [-0.4, -0.2) is 62.2 Å². The maximum Gasteiger partial charge on any atom is 0.417 e. The number of alkyl halides is 3. The molecule has 2 spiro atoms. The van der Waals surface area contributed by atoms with Gasteiger partial charge in [-0.25, -0.2) is 14.2 Å². The first kappa shape index (κ1) is 20.9. The summed E-state index contributed by atoms with van der Waals surface area (Å²) in [5.41, 5.74) is -0.662. The molecule has 0 unspecified atom stereocenters. The summed E-state index contributed by atoms with van der Waals surface area (Å²) in [5.74, 6) is 0.634. The quantitative estimate of drug-likeness (QED) is 0.704. The van der Waals surface area contributed by atoms with Gasteiger partial charge in [-0.05, 0) is 44.1 Å². The van der Waals surface area contributed by atoms with Crippen LogP contribution in [0.2, 0.25) is 0 Å². The van der Waals surface area contributed by atoms with Crippen molar-refractivity contribution in [1.82, 2.24) is 30.0 Å². The molecule has 11 heteroatoms. The molecular weight excluding hydrogens is 440 g/mol. The number of aromatic nitrogens is 4. The molecule has 2 aliphatic carbocycles. The Balaban J connectivity index is 0.946. The smallest absolute Gasteiger partial charge is 0.323 e. The molecular formula is C22H24F4N6O. The van der Waals surface area contributed by atoms with Crippen molar-refractivity contribution in [2.75, 3.05) is 26.2 Å². The van der Waals surface area contributed by atoms with Crippen LogP contribution in [0.15, 0.2) is 18.6 Å². The van der Waals surface area contributed by atoms with Gasteiger partial charge in [0.25, 0.3) is 0 Å². The lowest BCUT2D eigenvalue weighted by atomic mass is 9.56. The number of likely N-dealkylation sites (tertiary alicyclic amines) is 2. The van der Waals surface area contributed by atoms with Gasteiger partial charge in [-0.1, -0.05) is 0 Å². The molecule has 0 bridgehead atoms. The Hall–Kier alpha value is -2.72. The van der Waals surface area contributed by atoms with Gasteiger partial charge in [-0.3, -0.25) is 10.1 Å².